The lowest BCUT2D eigenvalue weighted by Gasteiger charge is -2.10. The van der Waals surface area contributed by atoms with Crippen LogP contribution in [0.15, 0.2) is 41.2 Å². The van der Waals surface area contributed by atoms with Gasteiger partial charge in [0.25, 0.3) is 5.91 Å². The number of benzene rings is 1. The second-order valence-electron chi connectivity index (χ2n) is 5.44. The van der Waals surface area contributed by atoms with E-state index < -0.39 is 0 Å². The van der Waals surface area contributed by atoms with E-state index in [2.05, 4.69) is 25.8 Å². The number of nitrogens with zero attached hydrogens (tertiary/aromatic N) is 3. The molecule has 122 valence electrons. The number of carbonyl (C=O) groups is 1. The van der Waals surface area contributed by atoms with Crippen molar-refractivity contribution in [2.75, 3.05) is 10.6 Å². The summed E-state index contributed by atoms with van der Waals surface area (Å²) in [7, 11) is 0. The van der Waals surface area contributed by atoms with E-state index in [1.165, 1.54) is 12.4 Å². The zero-order valence-corrected chi connectivity index (χ0v) is 13.6. The first-order valence-electron chi connectivity index (χ1n) is 7.43. The molecule has 0 fully saturated rings. The van der Waals surface area contributed by atoms with Crippen LogP contribution in [0.5, 0.6) is 0 Å². The lowest BCUT2D eigenvalue weighted by molar-refractivity contribution is 0.102. The van der Waals surface area contributed by atoms with E-state index in [1.54, 1.807) is 13.0 Å². The van der Waals surface area contributed by atoms with Crippen LogP contribution in [0.2, 0.25) is 0 Å². The first-order valence-corrected chi connectivity index (χ1v) is 7.43. The van der Waals surface area contributed by atoms with Gasteiger partial charge in [-0.25, -0.2) is 9.97 Å². The van der Waals surface area contributed by atoms with E-state index in [1.807, 2.05) is 32.0 Å². The fourth-order valence-electron chi connectivity index (χ4n) is 2.14. The Labute approximate surface area is 139 Å². The normalized spacial score (nSPS) is 10.5. The molecule has 0 saturated carbocycles. The average molecular weight is 323 g/mol. The van der Waals surface area contributed by atoms with E-state index in [-0.39, 0.29) is 11.6 Å². The van der Waals surface area contributed by atoms with Gasteiger partial charge >= 0.3 is 0 Å². The maximum atomic E-state index is 12.3. The Balaban J connectivity index is 1.70. The Morgan fingerprint density at radius 1 is 1.08 bits per heavy atom. The van der Waals surface area contributed by atoms with Crippen LogP contribution in [0.25, 0.3) is 0 Å². The zero-order chi connectivity index (χ0) is 17.1. The van der Waals surface area contributed by atoms with Crippen molar-refractivity contribution in [2.45, 2.75) is 20.8 Å². The van der Waals surface area contributed by atoms with Gasteiger partial charge in [-0.15, -0.1) is 0 Å². The highest BCUT2D eigenvalue weighted by Crippen LogP contribution is 2.19. The van der Waals surface area contributed by atoms with Gasteiger partial charge in [-0.05, 0) is 38.0 Å². The lowest BCUT2D eigenvalue weighted by atomic mass is 10.1. The van der Waals surface area contributed by atoms with E-state index >= 15 is 0 Å². The third-order valence-electron chi connectivity index (χ3n) is 3.62. The summed E-state index contributed by atoms with van der Waals surface area (Å²) in [6.07, 6.45) is 2.89. The van der Waals surface area contributed by atoms with Crippen LogP contribution in [0.1, 0.15) is 27.4 Å². The average Bonchev–Trinajstić information content (AvgIpc) is 2.97. The second-order valence-corrected chi connectivity index (χ2v) is 5.44. The highest BCUT2D eigenvalue weighted by atomic mass is 16.5. The smallest absolute Gasteiger partial charge is 0.275 e. The van der Waals surface area contributed by atoms with E-state index in [0.29, 0.717) is 17.4 Å². The molecule has 2 aromatic heterocycles. The SMILES string of the molecule is Cc1cc(Nc2cnc(C(=O)Nc3cccc(C)c3C)cn2)no1. The summed E-state index contributed by atoms with van der Waals surface area (Å²) in [4.78, 5) is 20.6. The standard InChI is InChI=1S/C17H17N5O2/c1-10-5-4-6-13(12(10)3)20-17(23)14-8-19-16(9-18-14)21-15-7-11(2)24-22-15/h4-9H,1-3H3,(H,20,23)(H,19,21,22). The molecule has 2 N–H and O–H groups in total. The molecular weight excluding hydrogens is 306 g/mol. The van der Waals surface area contributed by atoms with Crippen LogP contribution >= 0.6 is 0 Å². The van der Waals surface area contributed by atoms with Gasteiger partial charge in [0.05, 0.1) is 12.4 Å². The van der Waals surface area contributed by atoms with Crippen molar-refractivity contribution in [3.63, 3.8) is 0 Å². The lowest BCUT2D eigenvalue weighted by Crippen LogP contribution is -2.15. The summed E-state index contributed by atoms with van der Waals surface area (Å²) in [5.41, 5.74) is 3.14. The molecule has 7 heteroatoms. The molecule has 0 radical (unpaired) electrons. The van der Waals surface area contributed by atoms with Crippen molar-refractivity contribution in [3.05, 3.63) is 59.2 Å². The minimum atomic E-state index is -0.306. The van der Waals surface area contributed by atoms with Crippen LogP contribution in [0, 0.1) is 20.8 Å². The summed E-state index contributed by atoms with van der Waals surface area (Å²) < 4.78 is 4.96. The highest BCUT2D eigenvalue weighted by Gasteiger charge is 2.11. The molecule has 0 aliphatic carbocycles. The molecule has 0 aliphatic heterocycles. The van der Waals surface area contributed by atoms with Gasteiger partial charge < -0.3 is 15.2 Å². The minimum absolute atomic E-state index is 0.234. The Kier molecular flexibility index (Phi) is 4.24. The van der Waals surface area contributed by atoms with Crippen molar-refractivity contribution < 1.29 is 9.32 Å². The maximum Gasteiger partial charge on any atom is 0.275 e. The molecule has 1 aromatic carbocycles. The van der Waals surface area contributed by atoms with Gasteiger partial charge in [-0.2, -0.15) is 0 Å². The second kappa shape index (κ2) is 6.49. The molecule has 3 rings (SSSR count). The van der Waals surface area contributed by atoms with Crippen molar-refractivity contribution in [3.8, 4) is 0 Å². The van der Waals surface area contributed by atoms with E-state index in [0.717, 1.165) is 16.8 Å². The van der Waals surface area contributed by atoms with E-state index in [4.69, 9.17) is 4.52 Å². The number of carbonyl (C=O) groups excluding carboxylic acids is 1. The number of hydrogen-bond donors (Lipinski definition) is 2. The number of rotatable bonds is 4. The highest BCUT2D eigenvalue weighted by molar-refractivity contribution is 6.03. The third-order valence-corrected chi connectivity index (χ3v) is 3.62. The van der Waals surface area contributed by atoms with Crippen LogP contribution < -0.4 is 10.6 Å². The van der Waals surface area contributed by atoms with Crippen LogP contribution in [0.4, 0.5) is 17.3 Å². The minimum Gasteiger partial charge on any atom is -0.360 e. The molecule has 2 heterocycles. The molecule has 7 nitrogen and oxygen atoms in total. The molecular formula is C17H17N5O2. The number of aryl methyl sites for hydroxylation is 2. The predicted molar refractivity (Wildman–Crippen MR) is 90.4 cm³/mol. The van der Waals surface area contributed by atoms with Crippen molar-refractivity contribution in [1.29, 1.82) is 0 Å². The van der Waals surface area contributed by atoms with Gasteiger partial charge in [0, 0.05) is 11.8 Å². The Bertz CT molecular complexity index is 871. The molecule has 0 bridgehead atoms. The van der Waals surface area contributed by atoms with Crippen LogP contribution in [0.3, 0.4) is 0 Å². The van der Waals surface area contributed by atoms with E-state index in [9.17, 15) is 4.79 Å². The van der Waals surface area contributed by atoms with Crippen molar-refractivity contribution in [2.24, 2.45) is 0 Å². The van der Waals surface area contributed by atoms with Crippen LogP contribution in [-0.2, 0) is 0 Å². The van der Waals surface area contributed by atoms with Crippen LogP contribution in [-0.4, -0.2) is 21.0 Å². The predicted octanol–water partition coefficient (Wildman–Crippen LogP) is 3.39. The molecule has 0 saturated heterocycles. The van der Waals surface area contributed by atoms with Gasteiger partial charge in [0.2, 0.25) is 0 Å². The molecule has 0 spiro atoms. The molecule has 0 aliphatic rings. The first kappa shape index (κ1) is 15.7. The topological polar surface area (TPSA) is 92.9 Å². The number of aromatic nitrogens is 3. The third kappa shape index (κ3) is 3.40. The summed E-state index contributed by atoms with van der Waals surface area (Å²) >= 11 is 0. The Hall–Kier alpha value is -3.22. The summed E-state index contributed by atoms with van der Waals surface area (Å²) in [5, 5.41) is 9.61. The van der Waals surface area contributed by atoms with Gasteiger partial charge in [-0.1, -0.05) is 17.3 Å². The zero-order valence-electron chi connectivity index (χ0n) is 13.6. The summed E-state index contributed by atoms with van der Waals surface area (Å²) in [6.45, 7) is 5.75. The molecule has 24 heavy (non-hydrogen) atoms. The quantitative estimate of drug-likeness (QED) is 0.764. The monoisotopic (exact) mass is 323 g/mol. The summed E-state index contributed by atoms with van der Waals surface area (Å²) in [6, 6.07) is 7.49. The molecule has 0 unspecified atom stereocenters. The van der Waals surface area contributed by atoms with Gasteiger partial charge in [-0.3, -0.25) is 4.79 Å². The maximum absolute atomic E-state index is 12.3. The number of amides is 1. The fourth-order valence-corrected chi connectivity index (χ4v) is 2.14. The Morgan fingerprint density at radius 2 is 1.92 bits per heavy atom. The Morgan fingerprint density at radius 3 is 2.58 bits per heavy atom. The van der Waals surface area contributed by atoms with Crippen molar-refractivity contribution in [1.82, 2.24) is 15.1 Å². The molecule has 0 atom stereocenters. The first-order chi connectivity index (χ1) is 11.5. The molecule has 3 aromatic rings. The van der Waals surface area contributed by atoms with Gasteiger partial charge in [0.1, 0.15) is 17.3 Å². The number of nitrogens with one attached hydrogen (secondary N) is 2. The largest absolute Gasteiger partial charge is 0.360 e. The fraction of sp³-hybridized carbons (Fsp3) is 0.176. The number of anilines is 3. The van der Waals surface area contributed by atoms with Gasteiger partial charge in [0.15, 0.2) is 5.82 Å². The summed E-state index contributed by atoms with van der Waals surface area (Å²) in [5.74, 6) is 1.40. The van der Waals surface area contributed by atoms with Crippen molar-refractivity contribution >= 4 is 23.2 Å². The number of hydrogen-bond acceptors (Lipinski definition) is 6. The molecule has 1 amide bonds.